The van der Waals surface area contributed by atoms with Crippen molar-refractivity contribution in [3.63, 3.8) is 0 Å². The number of nitrogen functional groups attached to an aromatic ring is 1. The first-order valence-corrected chi connectivity index (χ1v) is 4.60. The van der Waals surface area contributed by atoms with Gasteiger partial charge >= 0.3 is 0 Å². The molecule has 2 heterocycles. The quantitative estimate of drug-likeness (QED) is 0.760. The average molecular weight is 204 g/mol. The van der Waals surface area contributed by atoms with Gasteiger partial charge in [0.25, 0.3) is 5.56 Å². The smallest absolute Gasteiger partial charge is 0.274 e. The van der Waals surface area contributed by atoms with Crippen molar-refractivity contribution in [2.75, 3.05) is 5.73 Å². The van der Waals surface area contributed by atoms with Gasteiger partial charge in [-0.2, -0.15) is 5.10 Å². The van der Waals surface area contributed by atoms with Gasteiger partial charge in [0.05, 0.1) is 17.9 Å². The van der Waals surface area contributed by atoms with Crippen LogP contribution in [0.5, 0.6) is 0 Å². The maximum atomic E-state index is 11.6. The third-order valence-electron chi connectivity index (χ3n) is 2.15. The number of nitrogens with two attached hydrogens (primary N) is 1. The molecule has 5 nitrogen and oxygen atoms in total. The minimum absolute atomic E-state index is 0.178. The second-order valence-electron chi connectivity index (χ2n) is 3.38. The van der Waals surface area contributed by atoms with Gasteiger partial charge in [0.1, 0.15) is 0 Å². The van der Waals surface area contributed by atoms with Crippen molar-refractivity contribution in [1.82, 2.24) is 14.3 Å². The molecule has 78 valence electrons. The first-order chi connectivity index (χ1) is 7.16. The Labute approximate surface area is 86.8 Å². The third kappa shape index (κ3) is 1.90. The standard InChI is InChI=1S/C10H12N4O/c1-13-6-4-8(12-13)7-14-5-2-3-9(11)10(14)15/h2-6H,7,11H2,1H3. The van der Waals surface area contributed by atoms with Crippen LogP contribution >= 0.6 is 0 Å². The molecule has 2 N–H and O–H groups in total. The van der Waals surface area contributed by atoms with Crippen LogP contribution in [0.2, 0.25) is 0 Å². The maximum absolute atomic E-state index is 11.6. The summed E-state index contributed by atoms with van der Waals surface area (Å²) < 4.78 is 3.24. The predicted molar refractivity (Wildman–Crippen MR) is 57.4 cm³/mol. The Morgan fingerprint density at radius 3 is 2.87 bits per heavy atom. The number of anilines is 1. The molecule has 0 saturated carbocycles. The molecule has 2 rings (SSSR count). The highest BCUT2D eigenvalue weighted by Crippen LogP contribution is 1.98. The molecule has 2 aromatic rings. The lowest BCUT2D eigenvalue weighted by Crippen LogP contribution is -2.22. The van der Waals surface area contributed by atoms with E-state index in [0.29, 0.717) is 6.54 Å². The van der Waals surface area contributed by atoms with Gasteiger partial charge in [-0.1, -0.05) is 0 Å². The summed E-state index contributed by atoms with van der Waals surface area (Å²) in [6.45, 7) is 0.449. The number of pyridine rings is 1. The number of nitrogens with zero attached hydrogens (tertiary/aromatic N) is 3. The van der Waals surface area contributed by atoms with Crippen LogP contribution in [0.15, 0.2) is 35.4 Å². The zero-order valence-corrected chi connectivity index (χ0v) is 8.42. The van der Waals surface area contributed by atoms with Gasteiger partial charge in [-0.3, -0.25) is 9.48 Å². The average Bonchev–Trinajstić information content (AvgIpc) is 2.59. The van der Waals surface area contributed by atoms with Gasteiger partial charge < -0.3 is 10.3 Å². The molecular weight excluding hydrogens is 192 g/mol. The minimum atomic E-state index is -0.178. The van der Waals surface area contributed by atoms with E-state index in [9.17, 15) is 4.79 Å². The van der Waals surface area contributed by atoms with E-state index in [0.717, 1.165) is 5.69 Å². The van der Waals surface area contributed by atoms with Crippen molar-refractivity contribution >= 4 is 5.69 Å². The van der Waals surface area contributed by atoms with Crippen molar-refractivity contribution in [2.24, 2.45) is 7.05 Å². The van der Waals surface area contributed by atoms with Gasteiger partial charge in [0.15, 0.2) is 0 Å². The van der Waals surface area contributed by atoms with E-state index in [4.69, 9.17) is 5.73 Å². The summed E-state index contributed by atoms with van der Waals surface area (Å²) in [7, 11) is 1.84. The van der Waals surface area contributed by atoms with Gasteiger partial charge in [-0.15, -0.1) is 0 Å². The summed E-state index contributed by atoms with van der Waals surface area (Å²) in [5, 5.41) is 4.19. The Bertz CT molecular complexity index is 526. The summed E-state index contributed by atoms with van der Waals surface area (Å²) >= 11 is 0. The molecule has 0 unspecified atom stereocenters. The van der Waals surface area contributed by atoms with Crippen LogP contribution in [0, 0.1) is 0 Å². The number of aromatic nitrogens is 3. The van der Waals surface area contributed by atoms with Crippen molar-refractivity contribution in [2.45, 2.75) is 6.54 Å². The van der Waals surface area contributed by atoms with E-state index in [1.165, 1.54) is 4.57 Å². The lowest BCUT2D eigenvalue weighted by molar-refractivity contribution is 0.693. The zero-order valence-electron chi connectivity index (χ0n) is 8.42. The number of hydrogen-bond acceptors (Lipinski definition) is 3. The van der Waals surface area contributed by atoms with Crippen LogP contribution in [0.4, 0.5) is 5.69 Å². The zero-order chi connectivity index (χ0) is 10.8. The molecule has 0 amide bonds. The molecule has 5 heteroatoms. The Morgan fingerprint density at radius 1 is 1.40 bits per heavy atom. The number of hydrogen-bond donors (Lipinski definition) is 1. The van der Waals surface area contributed by atoms with Gasteiger partial charge in [-0.05, 0) is 18.2 Å². The van der Waals surface area contributed by atoms with Crippen LogP contribution in [0.1, 0.15) is 5.69 Å². The van der Waals surface area contributed by atoms with Crippen LogP contribution in [-0.2, 0) is 13.6 Å². The normalized spacial score (nSPS) is 10.5. The Hall–Kier alpha value is -2.04. The van der Waals surface area contributed by atoms with Crippen molar-refractivity contribution in [3.8, 4) is 0 Å². The van der Waals surface area contributed by atoms with E-state index in [-0.39, 0.29) is 11.2 Å². The Morgan fingerprint density at radius 2 is 2.20 bits per heavy atom. The summed E-state index contributed by atoms with van der Waals surface area (Å²) in [4.78, 5) is 11.6. The fourth-order valence-corrected chi connectivity index (χ4v) is 1.40. The molecule has 0 aliphatic heterocycles. The third-order valence-corrected chi connectivity index (χ3v) is 2.15. The van der Waals surface area contributed by atoms with E-state index in [1.807, 2.05) is 19.3 Å². The van der Waals surface area contributed by atoms with Crippen molar-refractivity contribution < 1.29 is 0 Å². The van der Waals surface area contributed by atoms with E-state index in [1.54, 1.807) is 23.0 Å². The number of rotatable bonds is 2. The highest BCUT2D eigenvalue weighted by Gasteiger charge is 2.02. The minimum Gasteiger partial charge on any atom is -0.394 e. The molecule has 0 saturated heterocycles. The highest BCUT2D eigenvalue weighted by atomic mass is 16.1. The molecule has 0 spiro atoms. The monoisotopic (exact) mass is 204 g/mol. The molecular formula is C10H12N4O. The highest BCUT2D eigenvalue weighted by molar-refractivity contribution is 5.33. The SMILES string of the molecule is Cn1ccc(Cn2cccc(N)c2=O)n1. The second-order valence-corrected chi connectivity index (χ2v) is 3.38. The molecule has 0 bridgehead atoms. The number of aryl methyl sites for hydroxylation is 1. The van der Waals surface area contributed by atoms with Gasteiger partial charge in [0.2, 0.25) is 0 Å². The molecule has 0 atom stereocenters. The molecule has 0 aliphatic carbocycles. The second kappa shape index (κ2) is 3.61. The van der Waals surface area contributed by atoms with Gasteiger partial charge in [0, 0.05) is 19.4 Å². The fourth-order valence-electron chi connectivity index (χ4n) is 1.40. The summed E-state index contributed by atoms with van der Waals surface area (Å²) in [5.41, 5.74) is 6.44. The molecule has 0 fully saturated rings. The molecule has 15 heavy (non-hydrogen) atoms. The largest absolute Gasteiger partial charge is 0.394 e. The first kappa shape index (κ1) is 9.51. The fraction of sp³-hybridized carbons (Fsp3) is 0.200. The van der Waals surface area contributed by atoms with E-state index < -0.39 is 0 Å². The maximum Gasteiger partial charge on any atom is 0.274 e. The van der Waals surface area contributed by atoms with Gasteiger partial charge in [-0.25, -0.2) is 0 Å². The summed E-state index contributed by atoms with van der Waals surface area (Å²) in [6.07, 6.45) is 3.54. The van der Waals surface area contributed by atoms with Crippen LogP contribution in [0.25, 0.3) is 0 Å². The lowest BCUT2D eigenvalue weighted by atomic mass is 10.4. The van der Waals surface area contributed by atoms with Crippen molar-refractivity contribution in [1.29, 1.82) is 0 Å². The molecule has 0 radical (unpaired) electrons. The summed E-state index contributed by atoms with van der Waals surface area (Å²) in [5.74, 6) is 0. The predicted octanol–water partition coefficient (Wildman–Crippen LogP) is 0.212. The van der Waals surface area contributed by atoms with Crippen LogP contribution < -0.4 is 11.3 Å². The van der Waals surface area contributed by atoms with Crippen LogP contribution in [0.3, 0.4) is 0 Å². The summed E-state index contributed by atoms with van der Waals surface area (Å²) in [6, 6.07) is 5.21. The molecule has 2 aromatic heterocycles. The Balaban J connectivity index is 2.32. The molecule has 0 aromatic carbocycles. The molecule has 0 aliphatic rings. The van der Waals surface area contributed by atoms with E-state index >= 15 is 0 Å². The lowest BCUT2D eigenvalue weighted by Gasteiger charge is -2.03. The van der Waals surface area contributed by atoms with Crippen molar-refractivity contribution in [3.05, 3.63) is 46.6 Å². The van der Waals surface area contributed by atoms with E-state index in [2.05, 4.69) is 5.10 Å². The Kier molecular flexibility index (Phi) is 2.29. The first-order valence-electron chi connectivity index (χ1n) is 4.60. The van der Waals surface area contributed by atoms with Crippen LogP contribution in [-0.4, -0.2) is 14.3 Å². The topological polar surface area (TPSA) is 65.8 Å².